The fraction of sp³-hybridized carbons (Fsp3) is 0.361. The van der Waals surface area contributed by atoms with Gasteiger partial charge in [-0.1, -0.05) is 26.5 Å². The molecule has 5 aromatic rings. The third-order valence-corrected chi connectivity index (χ3v) is 9.93. The minimum atomic E-state index is -0.579. The molecule has 12 heteroatoms. The molecule has 0 aliphatic carbocycles. The number of amides is 1. The fourth-order valence-electron chi connectivity index (χ4n) is 7.60. The number of piperazine rings is 1. The molecule has 0 saturated carbocycles. The first kappa shape index (κ1) is 31.3. The van der Waals surface area contributed by atoms with Gasteiger partial charge in [0, 0.05) is 56.9 Å². The quantitative estimate of drug-likeness (QED) is 0.284. The third kappa shape index (κ3) is 4.49. The molecule has 1 aromatic carbocycles. The number of anilines is 2. The number of hydrogen-bond acceptors (Lipinski definition) is 7. The molecule has 4 aromatic heterocycles. The number of aromatic amines is 1. The van der Waals surface area contributed by atoms with Crippen LogP contribution in [0.1, 0.15) is 43.5 Å². The summed E-state index contributed by atoms with van der Waals surface area (Å²) in [6.45, 7) is 14.8. The van der Waals surface area contributed by atoms with Gasteiger partial charge in [-0.05, 0) is 62.1 Å². The molecular weight excluding hydrogens is 611 g/mol. The number of fused-ring (bicyclic) bond motifs is 6. The minimum absolute atomic E-state index is 0.0263. The van der Waals surface area contributed by atoms with E-state index >= 15 is 9.18 Å². The van der Waals surface area contributed by atoms with Gasteiger partial charge in [0.2, 0.25) is 5.91 Å². The highest BCUT2D eigenvalue weighted by Gasteiger charge is 2.41. The van der Waals surface area contributed by atoms with Crippen LogP contribution in [0.5, 0.6) is 0 Å². The number of aromatic nitrogens is 5. The lowest BCUT2D eigenvalue weighted by Crippen LogP contribution is -2.64. The van der Waals surface area contributed by atoms with E-state index in [4.69, 9.17) is 9.97 Å². The molecule has 2 aliphatic rings. The molecule has 6 heterocycles. The van der Waals surface area contributed by atoms with E-state index < -0.39 is 5.82 Å². The highest BCUT2D eigenvalue weighted by atomic mass is 19.1. The van der Waals surface area contributed by atoms with Crippen LogP contribution in [0, 0.1) is 19.7 Å². The molecule has 0 bridgehead atoms. The molecule has 248 valence electrons. The van der Waals surface area contributed by atoms with Gasteiger partial charge in [0.15, 0.2) is 5.65 Å². The van der Waals surface area contributed by atoms with Crippen LogP contribution in [0.25, 0.3) is 39.0 Å². The number of hydrogen-bond donors (Lipinski definition) is 1. The van der Waals surface area contributed by atoms with Gasteiger partial charge in [-0.3, -0.25) is 23.7 Å². The number of pyridine rings is 3. The van der Waals surface area contributed by atoms with Gasteiger partial charge < -0.3 is 19.7 Å². The minimum Gasteiger partial charge on any atom is -0.366 e. The summed E-state index contributed by atoms with van der Waals surface area (Å²) in [5.41, 5.74) is 5.19. The summed E-state index contributed by atoms with van der Waals surface area (Å²) in [4.78, 5) is 58.9. The first-order chi connectivity index (χ1) is 22.8. The van der Waals surface area contributed by atoms with Gasteiger partial charge in [-0.25, -0.2) is 14.2 Å². The van der Waals surface area contributed by atoms with Crippen LogP contribution in [-0.2, 0) is 11.8 Å². The monoisotopic (exact) mass is 650 g/mol. The van der Waals surface area contributed by atoms with Gasteiger partial charge in [-0.15, -0.1) is 0 Å². The number of aryl methyl sites for hydroxylation is 3. The number of carbonyl (C=O) groups is 1. The van der Waals surface area contributed by atoms with Crippen LogP contribution in [0.4, 0.5) is 15.8 Å². The van der Waals surface area contributed by atoms with Crippen molar-refractivity contribution in [3.05, 3.63) is 86.6 Å². The molecule has 2 unspecified atom stereocenters. The maximum absolute atomic E-state index is 16.8. The van der Waals surface area contributed by atoms with E-state index in [9.17, 15) is 9.59 Å². The third-order valence-electron chi connectivity index (χ3n) is 9.93. The number of rotatable bonds is 4. The lowest BCUT2D eigenvalue weighted by molar-refractivity contribution is -0.128. The largest absolute Gasteiger partial charge is 0.366 e. The van der Waals surface area contributed by atoms with Crippen LogP contribution in [-0.4, -0.2) is 73.7 Å². The van der Waals surface area contributed by atoms with Crippen molar-refractivity contribution in [2.45, 2.75) is 52.6 Å². The molecule has 1 amide bonds. The Labute approximate surface area is 276 Å². The zero-order valence-corrected chi connectivity index (χ0v) is 28.3. The van der Waals surface area contributed by atoms with Gasteiger partial charge in [-0.2, -0.15) is 0 Å². The molecule has 48 heavy (non-hydrogen) atoms. The van der Waals surface area contributed by atoms with E-state index in [-0.39, 0.29) is 46.5 Å². The molecule has 0 radical (unpaired) electrons. The molecule has 11 nitrogen and oxygen atoms in total. The number of imidazole rings is 1. The first-order valence-electron chi connectivity index (χ1n) is 16.2. The number of carbonyl (C=O) groups excluding carboxylic acids is 1. The van der Waals surface area contributed by atoms with Gasteiger partial charge in [0.25, 0.3) is 5.56 Å². The van der Waals surface area contributed by atoms with E-state index in [2.05, 4.69) is 16.5 Å². The number of H-pyrrole nitrogens is 1. The maximum Gasteiger partial charge on any atom is 0.326 e. The van der Waals surface area contributed by atoms with Crippen molar-refractivity contribution in [2.24, 2.45) is 7.05 Å². The van der Waals surface area contributed by atoms with Crippen molar-refractivity contribution < 1.29 is 9.18 Å². The topological polar surface area (TPSA) is 112 Å². The summed E-state index contributed by atoms with van der Waals surface area (Å²) < 4.78 is 19.8. The number of benzene rings is 1. The predicted molar refractivity (Wildman–Crippen MR) is 187 cm³/mol. The van der Waals surface area contributed by atoms with Crippen LogP contribution in [0.15, 0.2) is 52.7 Å². The molecule has 2 atom stereocenters. The van der Waals surface area contributed by atoms with Gasteiger partial charge >= 0.3 is 5.69 Å². The lowest BCUT2D eigenvalue weighted by Gasteiger charge is -2.51. The molecule has 7 rings (SSSR count). The predicted octanol–water partition coefficient (Wildman–Crippen LogP) is 4.55. The molecule has 0 spiro atoms. The summed E-state index contributed by atoms with van der Waals surface area (Å²) in [5.74, 6) is -0.753. The van der Waals surface area contributed by atoms with Crippen molar-refractivity contribution in [3.63, 3.8) is 0 Å². The summed E-state index contributed by atoms with van der Waals surface area (Å²) in [7, 11) is 3.50. The van der Waals surface area contributed by atoms with Crippen molar-refractivity contribution >= 4 is 39.3 Å². The Balaban J connectivity index is 1.61. The Morgan fingerprint density at radius 2 is 1.81 bits per heavy atom. The highest BCUT2D eigenvalue weighted by molar-refractivity contribution is 6.02. The SMILES string of the molecule is C=CC(=O)N1CC2CN(C)c3c(c4cc(F)c(-c5c(C)ccc6[nH]c(=O)n(C)c56)nc4n(-c4c(C)ccnc4C(C)C)c3=O)N2CC1C. The normalized spacial score (nSPS) is 17.7. The molecule has 1 fully saturated rings. The van der Waals surface area contributed by atoms with Crippen molar-refractivity contribution in [1.29, 1.82) is 0 Å². The van der Waals surface area contributed by atoms with Crippen molar-refractivity contribution in [2.75, 3.05) is 36.5 Å². The number of likely N-dealkylation sites (N-methyl/N-ethyl adjacent to an activating group) is 1. The Morgan fingerprint density at radius 1 is 1.06 bits per heavy atom. The highest BCUT2D eigenvalue weighted by Crippen LogP contribution is 2.43. The fourth-order valence-corrected chi connectivity index (χ4v) is 7.60. The zero-order chi connectivity index (χ0) is 34.3. The maximum atomic E-state index is 16.8. The van der Waals surface area contributed by atoms with E-state index in [0.29, 0.717) is 58.7 Å². The molecule has 1 N–H and O–H groups in total. The Morgan fingerprint density at radius 3 is 2.52 bits per heavy atom. The number of nitrogens with one attached hydrogen (secondary N) is 1. The van der Waals surface area contributed by atoms with Crippen LogP contribution >= 0.6 is 0 Å². The van der Waals surface area contributed by atoms with E-state index in [1.54, 1.807) is 28.8 Å². The van der Waals surface area contributed by atoms with E-state index in [1.807, 2.05) is 58.7 Å². The van der Waals surface area contributed by atoms with Gasteiger partial charge in [0.1, 0.15) is 17.2 Å². The van der Waals surface area contributed by atoms with Gasteiger partial charge in [0.05, 0.1) is 34.1 Å². The smallest absolute Gasteiger partial charge is 0.326 e. The molecular formula is C36H39FN8O3. The average Bonchev–Trinajstić information content (AvgIpc) is 3.33. The molecule has 1 saturated heterocycles. The standard InChI is InChI=1S/C36H39FN8O3/c1-9-26(46)43-17-22-16-41(7)33-31(44(22)15-21(43)6)23-14-24(37)29(27-19(4)10-11-25-32(27)42(8)36(48)39-25)40-34(23)45(35(33)47)30-20(5)12-13-38-28(30)18(2)3/h9-14,18,21-22H,1,15-17H2,2-8H3,(H,39,48). The first-order valence-corrected chi connectivity index (χ1v) is 16.2. The van der Waals surface area contributed by atoms with Crippen LogP contribution in [0.3, 0.4) is 0 Å². The second kappa shape index (κ2) is 11.2. The summed E-state index contributed by atoms with van der Waals surface area (Å²) in [5, 5.41) is 0.476. The Kier molecular flexibility index (Phi) is 7.30. The molecule has 2 aliphatic heterocycles. The number of halogens is 1. The Bertz CT molecular complexity index is 2300. The Hall–Kier alpha value is -5.26. The van der Waals surface area contributed by atoms with Crippen molar-refractivity contribution in [3.8, 4) is 16.9 Å². The van der Waals surface area contributed by atoms with E-state index in [1.165, 1.54) is 16.7 Å². The second-order valence-electron chi connectivity index (χ2n) is 13.4. The second-order valence-corrected chi connectivity index (χ2v) is 13.4. The number of nitrogens with zero attached hydrogens (tertiary/aromatic N) is 7. The average molecular weight is 651 g/mol. The van der Waals surface area contributed by atoms with Crippen LogP contribution in [0.2, 0.25) is 0 Å². The zero-order valence-electron chi connectivity index (χ0n) is 28.3. The lowest BCUT2D eigenvalue weighted by atomic mass is 9.97. The summed E-state index contributed by atoms with van der Waals surface area (Å²) in [6.07, 6.45) is 3.06. The van der Waals surface area contributed by atoms with E-state index in [0.717, 1.165) is 16.8 Å². The van der Waals surface area contributed by atoms with Crippen molar-refractivity contribution in [1.82, 2.24) is 29.0 Å². The summed E-state index contributed by atoms with van der Waals surface area (Å²) in [6, 6.07) is 6.62. The van der Waals surface area contributed by atoms with Crippen LogP contribution < -0.4 is 21.0 Å². The summed E-state index contributed by atoms with van der Waals surface area (Å²) >= 11 is 0.